The van der Waals surface area contributed by atoms with Crippen LogP contribution in [0.5, 0.6) is 0 Å². The highest BCUT2D eigenvalue weighted by atomic mass is 15.1. The lowest BCUT2D eigenvalue weighted by Gasteiger charge is -2.20. The summed E-state index contributed by atoms with van der Waals surface area (Å²) in [5.74, 6) is 0.852. The fourth-order valence-electron chi connectivity index (χ4n) is 2.22. The van der Waals surface area contributed by atoms with E-state index in [1.165, 1.54) is 19.4 Å². The van der Waals surface area contributed by atoms with E-state index < -0.39 is 0 Å². The van der Waals surface area contributed by atoms with Gasteiger partial charge in [0.05, 0.1) is 5.69 Å². The molecule has 16 heavy (non-hydrogen) atoms. The first-order valence-corrected chi connectivity index (χ1v) is 5.94. The van der Waals surface area contributed by atoms with Crippen molar-refractivity contribution < 1.29 is 0 Å². The quantitative estimate of drug-likeness (QED) is 0.821. The second-order valence-electron chi connectivity index (χ2n) is 4.59. The van der Waals surface area contributed by atoms with Crippen LogP contribution >= 0.6 is 0 Å². The van der Waals surface area contributed by atoms with Crippen molar-refractivity contribution in [3.63, 3.8) is 0 Å². The lowest BCUT2D eigenvalue weighted by molar-refractivity contribution is 0.290. The van der Waals surface area contributed by atoms with Gasteiger partial charge in [-0.1, -0.05) is 0 Å². The molecule has 1 N–H and O–H groups in total. The maximum Gasteiger partial charge on any atom is 0.125 e. The summed E-state index contributed by atoms with van der Waals surface area (Å²) in [6, 6.07) is 2.65. The SMILES string of the molecule is Cc1nccc(CN(C)CC2CCCN2)n1. The molecule has 1 unspecified atom stereocenters. The van der Waals surface area contributed by atoms with Crippen molar-refractivity contribution in [2.24, 2.45) is 0 Å². The molecule has 4 nitrogen and oxygen atoms in total. The predicted octanol–water partition coefficient (Wildman–Crippen LogP) is 0.969. The molecule has 1 aromatic rings. The van der Waals surface area contributed by atoms with Crippen LogP contribution < -0.4 is 5.32 Å². The van der Waals surface area contributed by atoms with Crippen LogP contribution in [0.2, 0.25) is 0 Å². The zero-order valence-corrected chi connectivity index (χ0v) is 10.1. The second-order valence-corrected chi connectivity index (χ2v) is 4.59. The van der Waals surface area contributed by atoms with Gasteiger partial charge in [0.2, 0.25) is 0 Å². The van der Waals surface area contributed by atoms with Crippen molar-refractivity contribution in [2.45, 2.75) is 32.4 Å². The number of rotatable bonds is 4. The van der Waals surface area contributed by atoms with E-state index in [1.807, 2.05) is 19.2 Å². The molecular weight excluding hydrogens is 200 g/mol. The Kier molecular flexibility index (Phi) is 3.85. The highest BCUT2D eigenvalue weighted by Crippen LogP contribution is 2.07. The van der Waals surface area contributed by atoms with Gasteiger partial charge in [-0.25, -0.2) is 9.97 Å². The molecule has 0 amide bonds. The summed E-state index contributed by atoms with van der Waals surface area (Å²) in [7, 11) is 2.15. The molecule has 88 valence electrons. The topological polar surface area (TPSA) is 41.1 Å². The number of nitrogens with one attached hydrogen (secondary N) is 1. The summed E-state index contributed by atoms with van der Waals surface area (Å²) in [6.45, 7) is 5.11. The Labute approximate surface area is 97.1 Å². The second kappa shape index (κ2) is 5.37. The number of hydrogen-bond acceptors (Lipinski definition) is 4. The van der Waals surface area contributed by atoms with Gasteiger partial charge in [-0.3, -0.25) is 4.90 Å². The number of hydrogen-bond donors (Lipinski definition) is 1. The van der Waals surface area contributed by atoms with Crippen LogP contribution in [0.4, 0.5) is 0 Å². The molecule has 0 aliphatic carbocycles. The van der Waals surface area contributed by atoms with E-state index in [1.54, 1.807) is 0 Å². The van der Waals surface area contributed by atoms with Gasteiger partial charge in [0.1, 0.15) is 5.82 Å². The Bertz CT molecular complexity index is 334. The van der Waals surface area contributed by atoms with Crippen LogP contribution in [-0.2, 0) is 6.54 Å². The highest BCUT2D eigenvalue weighted by molar-refractivity contribution is 5.01. The molecule has 1 atom stereocenters. The highest BCUT2D eigenvalue weighted by Gasteiger charge is 2.15. The number of nitrogens with zero attached hydrogens (tertiary/aromatic N) is 3. The molecule has 0 aromatic carbocycles. The number of aryl methyl sites for hydroxylation is 1. The van der Waals surface area contributed by atoms with Crippen molar-refractivity contribution >= 4 is 0 Å². The molecule has 2 heterocycles. The fraction of sp³-hybridized carbons (Fsp3) is 0.667. The van der Waals surface area contributed by atoms with Gasteiger partial charge in [0.15, 0.2) is 0 Å². The van der Waals surface area contributed by atoms with Gasteiger partial charge in [-0.05, 0) is 39.4 Å². The molecule has 0 radical (unpaired) electrons. The lowest BCUT2D eigenvalue weighted by atomic mass is 10.2. The third-order valence-electron chi connectivity index (χ3n) is 2.96. The Morgan fingerprint density at radius 1 is 1.56 bits per heavy atom. The number of aromatic nitrogens is 2. The van der Waals surface area contributed by atoms with Crippen molar-refractivity contribution in [1.29, 1.82) is 0 Å². The summed E-state index contributed by atoms with van der Waals surface area (Å²) in [6.07, 6.45) is 4.44. The molecule has 2 rings (SSSR count). The normalized spacial score (nSPS) is 20.6. The van der Waals surface area contributed by atoms with Crippen molar-refractivity contribution in [3.8, 4) is 0 Å². The van der Waals surface area contributed by atoms with Gasteiger partial charge in [0.25, 0.3) is 0 Å². The predicted molar refractivity (Wildman–Crippen MR) is 64.1 cm³/mol. The summed E-state index contributed by atoms with van der Waals surface area (Å²) < 4.78 is 0. The van der Waals surface area contributed by atoms with Crippen molar-refractivity contribution in [1.82, 2.24) is 20.2 Å². The Morgan fingerprint density at radius 2 is 2.44 bits per heavy atom. The molecule has 1 aromatic heterocycles. The molecule has 0 spiro atoms. The van der Waals surface area contributed by atoms with Crippen LogP contribution in [-0.4, -0.2) is 41.0 Å². The minimum absolute atomic E-state index is 0.660. The minimum Gasteiger partial charge on any atom is -0.313 e. The van der Waals surface area contributed by atoms with Crippen LogP contribution in [0, 0.1) is 6.92 Å². The van der Waals surface area contributed by atoms with Gasteiger partial charge in [0, 0.05) is 25.3 Å². The Hall–Kier alpha value is -1.00. The smallest absolute Gasteiger partial charge is 0.125 e. The lowest BCUT2D eigenvalue weighted by Crippen LogP contribution is -2.35. The molecule has 4 heteroatoms. The first-order valence-electron chi connectivity index (χ1n) is 5.94. The monoisotopic (exact) mass is 220 g/mol. The van der Waals surface area contributed by atoms with Crippen LogP contribution in [0.25, 0.3) is 0 Å². The van der Waals surface area contributed by atoms with E-state index in [9.17, 15) is 0 Å². The van der Waals surface area contributed by atoms with Crippen LogP contribution in [0.15, 0.2) is 12.3 Å². The summed E-state index contributed by atoms with van der Waals surface area (Å²) in [5.41, 5.74) is 1.10. The maximum absolute atomic E-state index is 4.41. The van der Waals surface area contributed by atoms with Gasteiger partial charge in [-0.2, -0.15) is 0 Å². The molecule has 1 saturated heterocycles. The van der Waals surface area contributed by atoms with E-state index in [0.29, 0.717) is 6.04 Å². The first-order chi connectivity index (χ1) is 7.74. The third-order valence-corrected chi connectivity index (χ3v) is 2.96. The third kappa shape index (κ3) is 3.25. The average Bonchev–Trinajstić information content (AvgIpc) is 2.70. The van der Waals surface area contributed by atoms with Crippen LogP contribution in [0.3, 0.4) is 0 Å². The zero-order valence-electron chi connectivity index (χ0n) is 10.1. The van der Waals surface area contributed by atoms with E-state index >= 15 is 0 Å². The van der Waals surface area contributed by atoms with E-state index in [0.717, 1.165) is 24.6 Å². The summed E-state index contributed by atoms with van der Waals surface area (Å²) in [5, 5.41) is 3.51. The van der Waals surface area contributed by atoms with Crippen molar-refractivity contribution in [2.75, 3.05) is 20.1 Å². The van der Waals surface area contributed by atoms with Crippen molar-refractivity contribution in [3.05, 3.63) is 23.8 Å². The summed E-state index contributed by atoms with van der Waals surface area (Å²) >= 11 is 0. The molecular formula is C12H20N4. The largest absolute Gasteiger partial charge is 0.313 e. The fourth-order valence-corrected chi connectivity index (χ4v) is 2.22. The van der Waals surface area contributed by atoms with Gasteiger partial charge in [-0.15, -0.1) is 0 Å². The summed E-state index contributed by atoms with van der Waals surface area (Å²) in [4.78, 5) is 10.8. The Morgan fingerprint density at radius 3 is 3.12 bits per heavy atom. The number of likely N-dealkylation sites (N-methyl/N-ethyl adjacent to an activating group) is 1. The van der Waals surface area contributed by atoms with E-state index in [-0.39, 0.29) is 0 Å². The van der Waals surface area contributed by atoms with E-state index in [2.05, 4.69) is 27.2 Å². The molecule has 1 aliphatic heterocycles. The molecule has 1 aliphatic rings. The van der Waals surface area contributed by atoms with Gasteiger partial charge < -0.3 is 5.32 Å². The van der Waals surface area contributed by atoms with Crippen LogP contribution in [0.1, 0.15) is 24.4 Å². The van der Waals surface area contributed by atoms with E-state index in [4.69, 9.17) is 0 Å². The Balaban J connectivity index is 1.84. The molecule has 0 saturated carbocycles. The molecule has 0 bridgehead atoms. The van der Waals surface area contributed by atoms with Gasteiger partial charge >= 0.3 is 0 Å². The minimum atomic E-state index is 0.660. The average molecular weight is 220 g/mol. The standard InChI is InChI=1S/C12H20N4/c1-10-13-7-5-12(15-10)9-16(2)8-11-4-3-6-14-11/h5,7,11,14H,3-4,6,8-9H2,1-2H3. The first kappa shape index (κ1) is 11.5. The maximum atomic E-state index is 4.41. The molecule has 1 fully saturated rings. The zero-order chi connectivity index (χ0) is 11.4.